The van der Waals surface area contributed by atoms with Crippen LogP contribution in [0.4, 0.5) is 4.79 Å². The average Bonchev–Trinajstić information content (AvgIpc) is 2.81. The van der Waals surface area contributed by atoms with Gasteiger partial charge in [0.1, 0.15) is 6.61 Å². The summed E-state index contributed by atoms with van der Waals surface area (Å²) >= 11 is 0. The monoisotopic (exact) mass is 261 g/mol. The first kappa shape index (κ1) is 12.5. The lowest BCUT2D eigenvalue weighted by atomic mass is 10.1. The Balaban J connectivity index is 1.51. The van der Waals surface area contributed by atoms with E-state index in [4.69, 9.17) is 4.74 Å². The van der Waals surface area contributed by atoms with Gasteiger partial charge < -0.3 is 14.7 Å². The van der Waals surface area contributed by atoms with Gasteiger partial charge in [0.15, 0.2) is 0 Å². The molecule has 0 radical (unpaired) electrons. The van der Waals surface area contributed by atoms with Crippen LogP contribution in [0.25, 0.3) is 0 Å². The van der Waals surface area contributed by atoms with Crippen LogP contribution in [0.1, 0.15) is 12.5 Å². The van der Waals surface area contributed by atoms with Crippen LogP contribution in [0.15, 0.2) is 30.3 Å². The lowest BCUT2D eigenvalue weighted by molar-refractivity contribution is 0.0933. The van der Waals surface area contributed by atoms with Crippen molar-refractivity contribution in [3.05, 3.63) is 35.9 Å². The van der Waals surface area contributed by atoms with Crippen molar-refractivity contribution in [2.75, 3.05) is 19.7 Å². The van der Waals surface area contributed by atoms with Crippen LogP contribution < -0.4 is 0 Å². The van der Waals surface area contributed by atoms with Crippen LogP contribution in [0.2, 0.25) is 0 Å². The maximum atomic E-state index is 12.0. The van der Waals surface area contributed by atoms with Gasteiger partial charge in [0, 0.05) is 19.7 Å². The summed E-state index contributed by atoms with van der Waals surface area (Å²) in [5, 5.41) is 9.22. The van der Waals surface area contributed by atoms with Crippen molar-refractivity contribution < 1.29 is 14.6 Å². The summed E-state index contributed by atoms with van der Waals surface area (Å²) in [7, 11) is 0. The van der Waals surface area contributed by atoms with Gasteiger partial charge in [0.05, 0.1) is 0 Å². The molecular weight excluding hydrogens is 242 g/mol. The molecule has 1 aliphatic carbocycles. The average molecular weight is 261 g/mol. The summed E-state index contributed by atoms with van der Waals surface area (Å²) in [4.78, 5) is 13.7. The molecule has 3 rings (SSSR count). The minimum atomic E-state index is -0.242. The number of aliphatic hydroxyl groups is 1. The first-order valence-corrected chi connectivity index (χ1v) is 6.71. The molecular formula is C15H19NO3. The molecule has 1 saturated heterocycles. The molecule has 1 saturated carbocycles. The fourth-order valence-corrected chi connectivity index (χ4v) is 3.33. The van der Waals surface area contributed by atoms with E-state index in [0.29, 0.717) is 25.0 Å². The van der Waals surface area contributed by atoms with Crippen LogP contribution in [0, 0.1) is 17.3 Å². The molecule has 2 fully saturated rings. The van der Waals surface area contributed by atoms with E-state index >= 15 is 0 Å². The van der Waals surface area contributed by atoms with Gasteiger partial charge in [0.25, 0.3) is 0 Å². The number of nitrogens with zero attached hydrogens (tertiary/aromatic N) is 1. The number of aliphatic hydroxyl groups excluding tert-OH is 1. The van der Waals surface area contributed by atoms with E-state index in [1.807, 2.05) is 30.3 Å². The van der Waals surface area contributed by atoms with Gasteiger partial charge in [-0.2, -0.15) is 0 Å². The molecule has 1 aliphatic heterocycles. The Labute approximate surface area is 113 Å². The lowest BCUT2D eigenvalue weighted by Gasteiger charge is -2.21. The molecule has 2 aliphatic rings. The number of fused-ring (bicyclic) bond motifs is 1. The van der Waals surface area contributed by atoms with Gasteiger partial charge in [-0.3, -0.25) is 0 Å². The normalized spacial score (nSPS) is 32.0. The molecule has 0 spiro atoms. The number of hydrogen-bond donors (Lipinski definition) is 1. The summed E-state index contributed by atoms with van der Waals surface area (Å²) in [6.45, 7) is 4.12. The Morgan fingerprint density at radius 3 is 2.79 bits per heavy atom. The third-order valence-corrected chi connectivity index (χ3v) is 4.68. The molecule has 1 heterocycles. The molecule has 1 aromatic carbocycles. The van der Waals surface area contributed by atoms with Crippen molar-refractivity contribution in [1.29, 1.82) is 0 Å². The maximum Gasteiger partial charge on any atom is 0.410 e. The van der Waals surface area contributed by atoms with E-state index in [9.17, 15) is 9.90 Å². The Bertz CT molecular complexity index is 476. The van der Waals surface area contributed by atoms with Crippen LogP contribution in [-0.2, 0) is 11.3 Å². The Hall–Kier alpha value is -1.55. The Morgan fingerprint density at radius 2 is 2.21 bits per heavy atom. The molecule has 0 aromatic heterocycles. The summed E-state index contributed by atoms with van der Waals surface area (Å²) in [5.41, 5.74) is 1.11. The van der Waals surface area contributed by atoms with Gasteiger partial charge in [0.2, 0.25) is 0 Å². The standard InChI is InChI=1S/C15H19NO3/c1-15-10-16(7-12(15)13(15)8-17)14(18)19-9-11-5-3-2-4-6-11/h2-6,12-13,17H,7-10H2,1H3/t12?,13?,15-/m0/s1. The quantitative estimate of drug-likeness (QED) is 0.904. The van der Waals surface area contributed by atoms with E-state index in [1.165, 1.54) is 0 Å². The van der Waals surface area contributed by atoms with E-state index in [-0.39, 0.29) is 18.1 Å². The highest BCUT2D eigenvalue weighted by molar-refractivity contribution is 5.68. The molecule has 19 heavy (non-hydrogen) atoms. The number of carbonyl (C=O) groups is 1. The van der Waals surface area contributed by atoms with Crippen LogP contribution in [0.5, 0.6) is 0 Å². The number of likely N-dealkylation sites (tertiary alicyclic amines) is 1. The first-order chi connectivity index (χ1) is 9.15. The first-order valence-electron chi connectivity index (χ1n) is 6.71. The molecule has 4 heteroatoms. The Morgan fingerprint density at radius 1 is 1.47 bits per heavy atom. The van der Waals surface area contributed by atoms with Crippen molar-refractivity contribution in [3.8, 4) is 0 Å². The van der Waals surface area contributed by atoms with Gasteiger partial charge in [-0.1, -0.05) is 37.3 Å². The van der Waals surface area contributed by atoms with E-state index in [1.54, 1.807) is 4.90 Å². The molecule has 1 amide bonds. The summed E-state index contributed by atoms with van der Waals surface area (Å²) in [5.74, 6) is 0.812. The third kappa shape index (κ3) is 2.10. The smallest absolute Gasteiger partial charge is 0.410 e. The van der Waals surface area contributed by atoms with Crippen molar-refractivity contribution in [2.24, 2.45) is 17.3 Å². The number of ether oxygens (including phenoxy) is 1. The zero-order chi connectivity index (χ0) is 13.5. The Kier molecular flexibility index (Phi) is 2.97. The largest absolute Gasteiger partial charge is 0.445 e. The van der Waals surface area contributed by atoms with Gasteiger partial charge in [-0.15, -0.1) is 0 Å². The van der Waals surface area contributed by atoms with Crippen LogP contribution in [-0.4, -0.2) is 35.8 Å². The zero-order valence-electron chi connectivity index (χ0n) is 11.1. The number of hydrogen-bond acceptors (Lipinski definition) is 3. The maximum absolute atomic E-state index is 12.0. The van der Waals surface area contributed by atoms with E-state index in [2.05, 4.69) is 6.92 Å². The number of benzene rings is 1. The van der Waals surface area contributed by atoms with Crippen molar-refractivity contribution in [1.82, 2.24) is 4.90 Å². The highest BCUT2D eigenvalue weighted by Crippen LogP contribution is 2.62. The number of rotatable bonds is 3. The van der Waals surface area contributed by atoms with Gasteiger partial charge in [-0.25, -0.2) is 4.79 Å². The minimum Gasteiger partial charge on any atom is -0.445 e. The summed E-state index contributed by atoms with van der Waals surface area (Å²) in [6.07, 6.45) is -0.242. The topological polar surface area (TPSA) is 49.8 Å². The fourth-order valence-electron chi connectivity index (χ4n) is 3.33. The minimum absolute atomic E-state index is 0.112. The second kappa shape index (κ2) is 4.53. The van der Waals surface area contributed by atoms with Crippen LogP contribution >= 0.6 is 0 Å². The van der Waals surface area contributed by atoms with E-state index < -0.39 is 0 Å². The molecule has 2 unspecified atom stereocenters. The van der Waals surface area contributed by atoms with Gasteiger partial charge >= 0.3 is 6.09 Å². The number of piperidine rings is 1. The molecule has 4 nitrogen and oxygen atoms in total. The molecule has 0 bridgehead atoms. The molecule has 3 atom stereocenters. The van der Waals surface area contributed by atoms with E-state index in [0.717, 1.165) is 12.1 Å². The number of carbonyl (C=O) groups excluding carboxylic acids is 1. The summed E-state index contributed by atoms with van der Waals surface area (Å²) < 4.78 is 5.32. The highest BCUT2D eigenvalue weighted by atomic mass is 16.6. The molecule has 1 aromatic rings. The third-order valence-electron chi connectivity index (χ3n) is 4.68. The van der Waals surface area contributed by atoms with Crippen molar-refractivity contribution in [3.63, 3.8) is 0 Å². The van der Waals surface area contributed by atoms with Crippen molar-refractivity contribution >= 4 is 6.09 Å². The van der Waals surface area contributed by atoms with Gasteiger partial charge in [-0.05, 0) is 22.8 Å². The molecule has 102 valence electrons. The second-order valence-electron chi connectivity index (χ2n) is 5.82. The summed E-state index contributed by atoms with van der Waals surface area (Å²) in [6, 6.07) is 9.69. The number of amides is 1. The highest BCUT2D eigenvalue weighted by Gasteiger charge is 2.66. The van der Waals surface area contributed by atoms with Crippen LogP contribution in [0.3, 0.4) is 0 Å². The SMILES string of the molecule is C[C@]12CN(C(=O)OCc3ccccc3)CC1C2CO. The fraction of sp³-hybridized carbons (Fsp3) is 0.533. The van der Waals surface area contributed by atoms with Crippen molar-refractivity contribution in [2.45, 2.75) is 13.5 Å². The predicted octanol–water partition coefficient (Wildman–Crippen LogP) is 1.88. The molecule has 1 N–H and O–H groups in total. The zero-order valence-corrected chi connectivity index (χ0v) is 11.1. The predicted molar refractivity (Wildman–Crippen MR) is 70.4 cm³/mol. The second-order valence-corrected chi connectivity index (χ2v) is 5.82. The lowest BCUT2D eigenvalue weighted by Crippen LogP contribution is -2.33.